The number of hydrogen-bond acceptors (Lipinski definition) is 3. The van der Waals surface area contributed by atoms with Crippen molar-refractivity contribution in [2.75, 3.05) is 7.05 Å². The summed E-state index contributed by atoms with van der Waals surface area (Å²) in [4.78, 5) is 13.2. The summed E-state index contributed by atoms with van der Waals surface area (Å²) in [5, 5.41) is 5.56. The zero-order valence-corrected chi connectivity index (χ0v) is 18.3. The average molecular weight is 394 g/mol. The molecule has 3 unspecified atom stereocenters. The van der Waals surface area contributed by atoms with Gasteiger partial charge in [0, 0.05) is 6.04 Å². The summed E-state index contributed by atoms with van der Waals surface area (Å²) in [6.45, 7) is 6.59. The summed E-state index contributed by atoms with van der Waals surface area (Å²) < 4.78 is 5.93. The maximum absolute atomic E-state index is 13.2. The van der Waals surface area contributed by atoms with E-state index in [4.69, 9.17) is 4.74 Å². The molecule has 1 N–H and O–H groups in total. The predicted molar refractivity (Wildman–Crippen MR) is 119 cm³/mol. The number of carbonyl (C=O) groups excluding carboxylic acids is 1. The van der Waals surface area contributed by atoms with E-state index in [1.54, 1.807) is 0 Å². The summed E-state index contributed by atoms with van der Waals surface area (Å²) in [6, 6.07) is 12.8. The van der Waals surface area contributed by atoms with Crippen LogP contribution >= 0.6 is 0 Å². The standard InChI is InChI=1S/C26H35NO2/c1-5-18-10-19-12-20(11-18)16-26(3,15-19)25(28)29-24-9-8-22-13-21(17(2)27-4)6-7-23(22)14-24/h6-9,13-14,17-20,27H,5,10-12,15-16H2,1-4H3. The molecule has 0 amide bonds. The number of rotatable bonds is 5. The highest BCUT2D eigenvalue weighted by Gasteiger charge is 2.46. The molecule has 2 fully saturated rings. The fourth-order valence-electron chi connectivity index (χ4n) is 5.87. The van der Waals surface area contributed by atoms with Gasteiger partial charge in [-0.3, -0.25) is 4.79 Å². The Morgan fingerprint density at radius 3 is 2.41 bits per heavy atom. The molecule has 2 aliphatic carbocycles. The van der Waals surface area contributed by atoms with E-state index < -0.39 is 0 Å². The van der Waals surface area contributed by atoms with Gasteiger partial charge in [0.15, 0.2) is 0 Å². The summed E-state index contributed by atoms with van der Waals surface area (Å²) in [5.41, 5.74) is 0.921. The molecule has 0 aromatic heterocycles. The van der Waals surface area contributed by atoms with Gasteiger partial charge in [0.25, 0.3) is 0 Å². The summed E-state index contributed by atoms with van der Waals surface area (Å²) in [7, 11) is 1.97. The third kappa shape index (κ3) is 4.21. The normalized spacial score (nSPS) is 30.1. The molecular formula is C26H35NO2. The fraction of sp³-hybridized carbons (Fsp3) is 0.577. The lowest BCUT2D eigenvalue weighted by molar-refractivity contribution is -0.150. The monoisotopic (exact) mass is 393 g/mol. The number of ether oxygens (including phenoxy) is 1. The lowest BCUT2D eigenvalue weighted by Gasteiger charge is -2.46. The van der Waals surface area contributed by atoms with Crippen LogP contribution in [-0.2, 0) is 4.79 Å². The second-order valence-electron chi connectivity index (χ2n) is 9.85. The van der Waals surface area contributed by atoms with Gasteiger partial charge in [-0.25, -0.2) is 0 Å². The first-order chi connectivity index (χ1) is 13.9. The molecule has 0 aliphatic heterocycles. The van der Waals surface area contributed by atoms with E-state index in [1.165, 1.54) is 36.6 Å². The Morgan fingerprint density at radius 2 is 1.76 bits per heavy atom. The number of nitrogens with one attached hydrogen (secondary N) is 1. The molecule has 156 valence electrons. The fourth-order valence-corrected chi connectivity index (χ4v) is 5.87. The largest absolute Gasteiger partial charge is 0.426 e. The van der Waals surface area contributed by atoms with Crippen LogP contribution in [0.4, 0.5) is 0 Å². The molecule has 3 heteroatoms. The molecule has 2 saturated carbocycles. The van der Waals surface area contributed by atoms with Crippen molar-refractivity contribution >= 4 is 16.7 Å². The van der Waals surface area contributed by atoms with E-state index in [-0.39, 0.29) is 11.4 Å². The number of fused-ring (bicyclic) bond motifs is 3. The van der Waals surface area contributed by atoms with Crippen LogP contribution in [0, 0.1) is 23.2 Å². The molecule has 29 heavy (non-hydrogen) atoms. The van der Waals surface area contributed by atoms with Gasteiger partial charge >= 0.3 is 5.97 Å². The zero-order chi connectivity index (χ0) is 20.6. The number of carbonyl (C=O) groups is 1. The van der Waals surface area contributed by atoms with Crippen molar-refractivity contribution in [2.24, 2.45) is 23.2 Å². The van der Waals surface area contributed by atoms with Gasteiger partial charge in [-0.15, -0.1) is 0 Å². The van der Waals surface area contributed by atoms with Gasteiger partial charge < -0.3 is 10.1 Å². The van der Waals surface area contributed by atoms with Crippen LogP contribution in [0.3, 0.4) is 0 Å². The number of benzene rings is 2. The molecule has 2 bridgehead atoms. The van der Waals surface area contributed by atoms with Crippen LogP contribution in [0.25, 0.3) is 10.8 Å². The molecule has 4 rings (SSSR count). The lowest BCUT2D eigenvalue weighted by Crippen LogP contribution is -2.43. The molecule has 2 aromatic rings. The number of esters is 1. The van der Waals surface area contributed by atoms with Gasteiger partial charge in [-0.2, -0.15) is 0 Å². The van der Waals surface area contributed by atoms with Crippen molar-refractivity contribution in [1.29, 1.82) is 0 Å². The topological polar surface area (TPSA) is 38.3 Å². The van der Waals surface area contributed by atoms with Crippen LogP contribution in [0.15, 0.2) is 36.4 Å². The Hall–Kier alpha value is -1.87. The Kier molecular flexibility index (Phi) is 5.70. The Bertz CT molecular complexity index is 875. The predicted octanol–water partition coefficient (Wildman–Crippen LogP) is 6.27. The van der Waals surface area contributed by atoms with E-state index in [9.17, 15) is 4.79 Å². The van der Waals surface area contributed by atoms with Crippen molar-refractivity contribution in [3.8, 4) is 5.75 Å². The van der Waals surface area contributed by atoms with E-state index in [2.05, 4.69) is 50.4 Å². The average Bonchev–Trinajstić information content (AvgIpc) is 2.71. The molecule has 2 aliphatic rings. The second-order valence-corrected chi connectivity index (χ2v) is 9.85. The molecular weight excluding hydrogens is 358 g/mol. The van der Waals surface area contributed by atoms with Crippen molar-refractivity contribution < 1.29 is 9.53 Å². The first kappa shape index (κ1) is 20.4. The minimum Gasteiger partial charge on any atom is -0.426 e. The molecule has 3 nitrogen and oxygen atoms in total. The van der Waals surface area contributed by atoms with Gasteiger partial charge in [0.05, 0.1) is 5.41 Å². The lowest BCUT2D eigenvalue weighted by atomic mass is 9.59. The van der Waals surface area contributed by atoms with Gasteiger partial charge in [-0.1, -0.05) is 31.5 Å². The molecule has 3 atom stereocenters. The molecule has 0 radical (unpaired) electrons. The Balaban J connectivity index is 1.48. The summed E-state index contributed by atoms with van der Waals surface area (Å²) >= 11 is 0. The summed E-state index contributed by atoms with van der Waals surface area (Å²) in [5.74, 6) is 2.86. The number of hydrogen-bond donors (Lipinski definition) is 1. The van der Waals surface area contributed by atoms with E-state index in [0.717, 1.165) is 24.1 Å². The van der Waals surface area contributed by atoms with Crippen LogP contribution in [0.2, 0.25) is 0 Å². The van der Waals surface area contributed by atoms with E-state index >= 15 is 0 Å². The van der Waals surface area contributed by atoms with Gasteiger partial charge in [-0.05, 0) is 105 Å². The molecule has 0 saturated heterocycles. The van der Waals surface area contributed by atoms with Gasteiger partial charge in [0.1, 0.15) is 5.75 Å². The van der Waals surface area contributed by atoms with E-state index in [1.807, 2.05) is 19.2 Å². The van der Waals surface area contributed by atoms with Crippen molar-refractivity contribution in [2.45, 2.75) is 65.3 Å². The van der Waals surface area contributed by atoms with Crippen LogP contribution in [-0.4, -0.2) is 13.0 Å². The highest BCUT2D eigenvalue weighted by atomic mass is 16.5. The third-order valence-electron chi connectivity index (χ3n) is 7.53. The van der Waals surface area contributed by atoms with Gasteiger partial charge in [0.2, 0.25) is 0 Å². The quantitative estimate of drug-likeness (QED) is 0.481. The van der Waals surface area contributed by atoms with Crippen LogP contribution in [0.1, 0.15) is 70.9 Å². The maximum Gasteiger partial charge on any atom is 0.317 e. The SMILES string of the molecule is CCC1CC2CC(C1)CC(C)(C(=O)Oc1ccc3cc(C(C)NC)ccc3c1)C2. The molecule has 0 heterocycles. The molecule has 0 spiro atoms. The smallest absolute Gasteiger partial charge is 0.317 e. The Labute approximate surface area is 175 Å². The first-order valence-electron chi connectivity index (χ1n) is 11.3. The maximum atomic E-state index is 13.2. The summed E-state index contributed by atoms with van der Waals surface area (Å²) in [6.07, 6.45) is 7.14. The zero-order valence-electron chi connectivity index (χ0n) is 18.3. The van der Waals surface area contributed by atoms with Crippen molar-refractivity contribution in [1.82, 2.24) is 5.32 Å². The van der Waals surface area contributed by atoms with Crippen LogP contribution < -0.4 is 10.1 Å². The minimum absolute atomic E-state index is 0.0399. The van der Waals surface area contributed by atoms with Crippen molar-refractivity contribution in [3.63, 3.8) is 0 Å². The van der Waals surface area contributed by atoms with E-state index in [0.29, 0.717) is 23.6 Å². The van der Waals surface area contributed by atoms with Crippen LogP contribution in [0.5, 0.6) is 5.75 Å². The Morgan fingerprint density at radius 1 is 1.10 bits per heavy atom. The highest BCUT2D eigenvalue weighted by Crippen LogP contribution is 2.51. The third-order valence-corrected chi connectivity index (χ3v) is 7.53. The molecule has 2 aromatic carbocycles. The second kappa shape index (κ2) is 8.10. The first-order valence-corrected chi connectivity index (χ1v) is 11.3. The van der Waals surface area contributed by atoms with Crippen molar-refractivity contribution in [3.05, 3.63) is 42.0 Å². The minimum atomic E-state index is -0.340. The highest BCUT2D eigenvalue weighted by molar-refractivity contribution is 5.86.